The molecule has 0 aliphatic rings. The molecule has 0 unspecified atom stereocenters. The lowest BCUT2D eigenvalue weighted by Crippen LogP contribution is -2.37. The van der Waals surface area contributed by atoms with E-state index in [1.54, 1.807) is 24.3 Å². The van der Waals surface area contributed by atoms with Gasteiger partial charge in [-0.25, -0.2) is 24.4 Å². The summed E-state index contributed by atoms with van der Waals surface area (Å²) in [5.74, 6) is 0.804. The van der Waals surface area contributed by atoms with Crippen molar-refractivity contribution in [3.05, 3.63) is 42.9 Å². The van der Waals surface area contributed by atoms with Gasteiger partial charge in [-0.3, -0.25) is 9.88 Å². The van der Waals surface area contributed by atoms with E-state index < -0.39 is 12.2 Å². The van der Waals surface area contributed by atoms with Crippen LogP contribution >= 0.6 is 0 Å². The van der Waals surface area contributed by atoms with Crippen molar-refractivity contribution >= 4 is 34.9 Å². The predicted molar refractivity (Wildman–Crippen MR) is 120 cm³/mol. The van der Waals surface area contributed by atoms with Gasteiger partial charge in [0, 0.05) is 36.8 Å². The van der Waals surface area contributed by atoms with Gasteiger partial charge in [-0.15, -0.1) is 0 Å². The average molecular weight is 455 g/mol. The molecule has 33 heavy (non-hydrogen) atoms. The zero-order chi connectivity index (χ0) is 23.8. The Morgan fingerprint density at radius 2 is 1.91 bits per heavy atom. The van der Waals surface area contributed by atoms with E-state index in [1.807, 2.05) is 0 Å². The summed E-state index contributed by atoms with van der Waals surface area (Å²) in [7, 11) is 0. The number of primary amides is 1. The van der Waals surface area contributed by atoms with Crippen LogP contribution < -0.4 is 21.1 Å². The topological polar surface area (TPSA) is 154 Å². The van der Waals surface area contributed by atoms with Crippen molar-refractivity contribution in [2.75, 3.05) is 31.5 Å². The molecule has 12 heteroatoms. The minimum absolute atomic E-state index is 0.181. The lowest BCUT2D eigenvalue weighted by atomic mass is 10.2. The summed E-state index contributed by atoms with van der Waals surface area (Å²) in [6, 6.07) is 7.73. The second kappa shape index (κ2) is 10.9. The van der Waals surface area contributed by atoms with Crippen LogP contribution in [0.15, 0.2) is 42.9 Å². The first-order chi connectivity index (χ1) is 15.9. The SMILES string of the molecule is CCN(CC)CCNC(=O)Nc1cc(Oc2ccc3ccn(C(=O)OC(N)=O)c3c2)ncn1. The molecule has 12 nitrogen and oxygen atoms in total. The summed E-state index contributed by atoms with van der Waals surface area (Å²) in [6.07, 6.45) is 0.569. The smallest absolute Gasteiger partial charge is 0.427 e. The Labute approximate surface area is 189 Å². The number of aromatic nitrogens is 3. The number of nitrogens with zero attached hydrogens (tertiary/aromatic N) is 4. The molecule has 0 fully saturated rings. The number of carbonyl (C=O) groups excluding carboxylic acids is 3. The number of anilines is 1. The van der Waals surface area contributed by atoms with Crippen LogP contribution in [-0.2, 0) is 4.74 Å². The Morgan fingerprint density at radius 3 is 2.64 bits per heavy atom. The van der Waals surface area contributed by atoms with Crippen LogP contribution in [0.2, 0.25) is 0 Å². The van der Waals surface area contributed by atoms with Crippen molar-refractivity contribution in [3.8, 4) is 11.6 Å². The normalized spacial score (nSPS) is 10.8. The molecule has 3 aromatic rings. The molecular formula is C21H25N7O5. The van der Waals surface area contributed by atoms with E-state index >= 15 is 0 Å². The van der Waals surface area contributed by atoms with Gasteiger partial charge in [-0.2, -0.15) is 0 Å². The molecular weight excluding hydrogens is 430 g/mol. The van der Waals surface area contributed by atoms with Gasteiger partial charge >= 0.3 is 18.2 Å². The number of rotatable bonds is 8. The van der Waals surface area contributed by atoms with Crippen molar-refractivity contribution in [2.45, 2.75) is 13.8 Å². The van der Waals surface area contributed by atoms with E-state index in [0.717, 1.165) is 29.6 Å². The molecule has 0 aliphatic carbocycles. The van der Waals surface area contributed by atoms with E-state index in [4.69, 9.17) is 10.5 Å². The number of likely N-dealkylation sites (N-methyl/N-ethyl adjacent to an activating group) is 1. The zero-order valence-corrected chi connectivity index (χ0v) is 18.3. The van der Waals surface area contributed by atoms with Crippen LogP contribution in [0.1, 0.15) is 13.8 Å². The molecule has 1 aromatic carbocycles. The number of nitrogens with one attached hydrogen (secondary N) is 2. The standard InChI is InChI=1S/C21H25N7O5/c1-3-27(4-2)10-8-23-20(30)26-17-12-18(25-13-24-17)32-15-6-5-14-7-9-28(16(14)11-15)21(31)33-19(22)29/h5-7,9,11-13H,3-4,8,10H2,1-2H3,(H2,22,29)(H2,23,24,25,26,30). The van der Waals surface area contributed by atoms with Crippen molar-refractivity contribution in [1.82, 2.24) is 24.8 Å². The molecule has 4 N–H and O–H groups in total. The summed E-state index contributed by atoms with van der Waals surface area (Å²) < 4.78 is 11.3. The van der Waals surface area contributed by atoms with Crippen molar-refractivity contribution in [3.63, 3.8) is 0 Å². The first-order valence-electron chi connectivity index (χ1n) is 10.3. The van der Waals surface area contributed by atoms with Gasteiger partial charge in [-0.05, 0) is 31.3 Å². The highest BCUT2D eigenvalue weighted by Gasteiger charge is 2.14. The van der Waals surface area contributed by atoms with Crippen LogP contribution in [0.4, 0.5) is 20.2 Å². The number of carbonyl (C=O) groups is 3. The third-order valence-corrected chi connectivity index (χ3v) is 4.76. The largest absolute Gasteiger partial charge is 0.439 e. The van der Waals surface area contributed by atoms with Crippen molar-refractivity contribution < 1.29 is 23.9 Å². The number of urea groups is 1. The molecule has 0 radical (unpaired) electrons. The quantitative estimate of drug-likeness (QED) is 0.438. The number of benzene rings is 1. The van der Waals surface area contributed by atoms with Crippen LogP contribution in [0.5, 0.6) is 11.6 Å². The molecule has 174 valence electrons. The summed E-state index contributed by atoms with van der Waals surface area (Å²) in [5, 5.41) is 6.13. The van der Waals surface area contributed by atoms with Crippen LogP contribution in [0.3, 0.4) is 0 Å². The minimum Gasteiger partial charge on any atom is -0.439 e. The first kappa shape index (κ1) is 23.5. The van der Waals surface area contributed by atoms with Crippen LogP contribution in [0.25, 0.3) is 10.9 Å². The third kappa shape index (κ3) is 6.40. The molecule has 0 atom stereocenters. The highest BCUT2D eigenvalue weighted by molar-refractivity contribution is 5.93. The Hall–Kier alpha value is -4.19. The lowest BCUT2D eigenvalue weighted by Gasteiger charge is -2.18. The van der Waals surface area contributed by atoms with Gasteiger partial charge in [0.1, 0.15) is 17.9 Å². The number of ether oxygens (including phenoxy) is 2. The van der Waals surface area contributed by atoms with Crippen LogP contribution in [0, 0.1) is 0 Å². The number of amides is 3. The van der Waals surface area contributed by atoms with Gasteiger partial charge in [-0.1, -0.05) is 13.8 Å². The predicted octanol–water partition coefficient (Wildman–Crippen LogP) is 2.75. The number of hydrogen-bond donors (Lipinski definition) is 3. The monoisotopic (exact) mass is 455 g/mol. The number of nitrogens with two attached hydrogens (primary N) is 1. The highest BCUT2D eigenvalue weighted by atomic mass is 16.6. The average Bonchev–Trinajstić information content (AvgIpc) is 3.20. The van der Waals surface area contributed by atoms with E-state index in [1.165, 1.54) is 18.6 Å². The van der Waals surface area contributed by atoms with Crippen molar-refractivity contribution in [2.24, 2.45) is 5.73 Å². The second-order valence-corrected chi connectivity index (χ2v) is 6.84. The fourth-order valence-electron chi connectivity index (χ4n) is 3.08. The number of fused-ring (bicyclic) bond motifs is 1. The van der Waals surface area contributed by atoms with Gasteiger partial charge in [0.15, 0.2) is 0 Å². The third-order valence-electron chi connectivity index (χ3n) is 4.76. The fourth-order valence-corrected chi connectivity index (χ4v) is 3.08. The maximum atomic E-state index is 12.1. The molecule has 0 saturated heterocycles. The Balaban J connectivity index is 1.65. The van der Waals surface area contributed by atoms with Gasteiger partial charge < -0.3 is 25.4 Å². The zero-order valence-electron chi connectivity index (χ0n) is 18.3. The molecule has 3 amide bonds. The maximum absolute atomic E-state index is 12.1. The minimum atomic E-state index is -1.20. The summed E-state index contributed by atoms with van der Waals surface area (Å²) in [4.78, 5) is 45.3. The molecule has 2 aromatic heterocycles. The van der Waals surface area contributed by atoms with Crippen molar-refractivity contribution in [1.29, 1.82) is 0 Å². The maximum Gasteiger partial charge on any atom is 0.427 e. The highest BCUT2D eigenvalue weighted by Crippen LogP contribution is 2.26. The Kier molecular flexibility index (Phi) is 7.76. The molecule has 0 aliphatic heterocycles. The number of hydrogen-bond acceptors (Lipinski definition) is 8. The molecule has 0 bridgehead atoms. The van der Waals surface area contributed by atoms with E-state index in [-0.39, 0.29) is 17.7 Å². The second-order valence-electron chi connectivity index (χ2n) is 6.84. The van der Waals surface area contributed by atoms with E-state index in [2.05, 4.69) is 44.1 Å². The summed E-state index contributed by atoms with van der Waals surface area (Å²) >= 11 is 0. The molecule has 3 rings (SSSR count). The van der Waals surface area contributed by atoms with Gasteiger partial charge in [0.2, 0.25) is 5.88 Å². The van der Waals surface area contributed by atoms with Crippen LogP contribution in [-0.4, -0.2) is 63.8 Å². The van der Waals surface area contributed by atoms with Gasteiger partial charge in [0.05, 0.1) is 5.52 Å². The lowest BCUT2D eigenvalue weighted by molar-refractivity contribution is 0.159. The van der Waals surface area contributed by atoms with E-state index in [0.29, 0.717) is 17.8 Å². The Bertz CT molecular complexity index is 1140. The molecule has 2 heterocycles. The summed E-state index contributed by atoms with van der Waals surface area (Å²) in [6.45, 7) is 7.20. The fraction of sp³-hybridized carbons (Fsp3) is 0.286. The van der Waals surface area contributed by atoms with Gasteiger partial charge in [0.25, 0.3) is 0 Å². The Morgan fingerprint density at radius 1 is 1.12 bits per heavy atom. The molecule has 0 spiro atoms. The summed E-state index contributed by atoms with van der Waals surface area (Å²) in [5.41, 5.74) is 5.35. The first-order valence-corrected chi connectivity index (χ1v) is 10.3. The molecule has 0 saturated carbocycles. The van der Waals surface area contributed by atoms with E-state index in [9.17, 15) is 14.4 Å².